The van der Waals surface area contributed by atoms with Gasteiger partial charge in [0.15, 0.2) is 0 Å². The van der Waals surface area contributed by atoms with E-state index in [1.54, 1.807) is 6.26 Å². The van der Waals surface area contributed by atoms with Crippen LogP contribution >= 0.6 is 24.0 Å². The summed E-state index contributed by atoms with van der Waals surface area (Å²) in [6, 6.07) is 9.46. The molecule has 0 bridgehead atoms. The number of ether oxygens (including phenoxy) is 1. The number of benzene rings is 1. The number of hydrogen-bond donors (Lipinski definition) is 0. The Morgan fingerprint density at radius 3 is 3.00 bits per heavy atom. The lowest BCUT2D eigenvalue weighted by Crippen LogP contribution is -2.32. The number of fused-ring (bicyclic) bond motifs is 1. The molecule has 2 aromatic rings. The van der Waals surface area contributed by atoms with Crippen LogP contribution in [0.25, 0.3) is 0 Å². The maximum atomic E-state index is 6.01. The summed E-state index contributed by atoms with van der Waals surface area (Å²) in [5.41, 5.74) is 1.13. The highest BCUT2D eigenvalue weighted by Gasteiger charge is 2.27. The van der Waals surface area contributed by atoms with Crippen molar-refractivity contribution in [3.63, 3.8) is 0 Å². The second-order valence-electron chi connectivity index (χ2n) is 4.56. The summed E-state index contributed by atoms with van der Waals surface area (Å²) in [5, 5.41) is 0.684. The Balaban J connectivity index is 0.00000133. The molecule has 1 aromatic heterocycles. The normalized spacial score (nSPS) is 18.5. The van der Waals surface area contributed by atoms with E-state index >= 15 is 0 Å². The molecule has 1 aliphatic heterocycles. The number of halogens is 2. The third kappa shape index (κ3) is 3.06. The molecule has 0 spiro atoms. The van der Waals surface area contributed by atoms with Gasteiger partial charge in [0.25, 0.3) is 0 Å². The van der Waals surface area contributed by atoms with Crippen molar-refractivity contribution in [3.05, 3.63) is 52.9 Å². The smallest absolute Gasteiger partial charge is 0.140 e. The lowest BCUT2D eigenvalue weighted by Gasteiger charge is -2.29. The van der Waals surface area contributed by atoms with Crippen molar-refractivity contribution in [2.24, 2.45) is 0 Å². The van der Waals surface area contributed by atoms with Gasteiger partial charge < -0.3 is 9.15 Å². The minimum Gasteiger partial charge on any atom is -0.484 e. The summed E-state index contributed by atoms with van der Waals surface area (Å²) in [6.45, 7) is 1.68. The second-order valence-corrected chi connectivity index (χ2v) is 5.00. The standard InChI is InChI=1S/C14H14ClNO2.ClH/c1-16-8-13-12(5-6-17-13)14(9-16)18-11-4-2-3-10(15)7-11;/h2-7,14H,8-9H2,1H3;1H. The highest BCUT2D eigenvalue weighted by Crippen LogP contribution is 2.31. The lowest BCUT2D eigenvalue weighted by atomic mass is 10.1. The van der Waals surface area contributed by atoms with Crippen LogP contribution in [0.3, 0.4) is 0 Å². The molecule has 5 heteroatoms. The van der Waals surface area contributed by atoms with Crippen molar-refractivity contribution in [1.29, 1.82) is 0 Å². The van der Waals surface area contributed by atoms with E-state index in [4.69, 9.17) is 20.8 Å². The zero-order valence-corrected chi connectivity index (χ0v) is 12.1. The molecule has 0 amide bonds. The molecule has 102 valence electrons. The number of rotatable bonds is 2. The zero-order chi connectivity index (χ0) is 12.5. The molecule has 1 atom stereocenters. The lowest BCUT2D eigenvalue weighted by molar-refractivity contribution is 0.120. The Morgan fingerprint density at radius 2 is 2.21 bits per heavy atom. The van der Waals surface area contributed by atoms with Gasteiger partial charge in [-0.3, -0.25) is 4.90 Å². The summed E-state index contributed by atoms with van der Waals surface area (Å²) < 4.78 is 11.5. The number of likely N-dealkylation sites (N-methyl/N-ethyl adjacent to an activating group) is 1. The predicted molar refractivity (Wildman–Crippen MR) is 77.1 cm³/mol. The van der Waals surface area contributed by atoms with Crippen molar-refractivity contribution in [2.45, 2.75) is 12.6 Å². The van der Waals surface area contributed by atoms with Crippen LogP contribution in [0.5, 0.6) is 5.75 Å². The first kappa shape index (κ1) is 14.3. The monoisotopic (exact) mass is 299 g/mol. The Hall–Kier alpha value is -1.16. The molecule has 0 saturated carbocycles. The van der Waals surface area contributed by atoms with Gasteiger partial charge in [-0.2, -0.15) is 0 Å². The van der Waals surface area contributed by atoms with Crippen LogP contribution in [0.4, 0.5) is 0 Å². The van der Waals surface area contributed by atoms with E-state index in [9.17, 15) is 0 Å². The minimum absolute atomic E-state index is 0. The van der Waals surface area contributed by atoms with Gasteiger partial charge in [0, 0.05) is 17.1 Å². The van der Waals surface area contributed by atoms with Gasteiger partial charge in [-0.25, -0.2) is 0 Å². The molecule has 2 heterocycles. The van der Waals surface area contributed by atoms with E-state index in [2.05, 4.69) is 11.9 Å². The maximum Gasteiger partial charge on any atom is 0.140 e. The van der Waals surface area contributed by atoms with Gasteiger partial charge in [-0.05, 0) is 31.3 Å². The van der Waals surface area contributed by atoms with Crippen LogP contribution in [0.2, 0.25) is 5.02 Å². The molecule has 0 radical (unpaired) electrons. The van der Waals surface area contributed by atoms with E-state index in [-0.39, 0.29) is 18.5 Å². The number of furan rings is 1. The predicted octanol–water partition coefficient (Wildman–Crippen LogP) is 3.92. The van der Waals surface area contributed by atoms with Gasteiger partial charge >= 0.3 is 0 Å². The first-order valence-electron chi connectivity index (χ1n) is 5.89. The van der Waals surface area contributed by atoms with E-state index in [1.807, 2.05) is 30.3 Å². The van der Waals surface area contributed by atoms with Crippen LogP contribution in [0.15, 0.2) is 41.0 Å². The quantitative estimate of drug-likeness (QED) is 0.840. The van der Waals surface area contributed by atoms with E-state index in [0.29, 0.717) is 5.02 Å². The van der Waals surface area contributed by atoms with E-state index in [0.717, 1.165) is 30.2 Å². The summed E-state index contributed by atoms with van der Waals surface area (Å²) >= 11 is 5.96. The van der Waals surface area contributed by atoms with Gasteiger partial charge in [0.05, 0.1) is 12.8 Å². The van der Waals surface area contributed by atoms with Crippen LogP contribution in [0.1, 0.15) is 17.4 Å². The molecular formula is C14H15Cl2NO2. The molecule has 0 aliphatic carbocycles. The highest BCUT2D eigenvalue weighted by molar-refractivity contribution is 6.30. The van der Waals surface area contributed by atoms with E-state index < -0.39 is 0 Å². The summed E-state index contributed by atoms with van der Waals surface area (Å²) in [7, 11) is 2.06. The Labute approximate surface area is 123 Å². The van der Waals surface area contributed by atoms with Gasteiger partial charge in [0.1, 0.15) is 17.6 Å². The maximum absolute atomic E-state index is 6.01. The molecule has 1 aliphatic rings. The fraction of sp³-hybridized carbons (Fsp3) is 0.286. The van der Waals surface area contributed by atoms with Gasteiger partial charge in [-0.1, -0.05) is 17.7 Å². The first-order chi connectivity index (χ1) is 8.72. The summed E-state index contributed by atoms with van der Waals surface area (Å²) in [4.78, 5) is 2.18. The Morgan fingerprint density at radius 1 is 1.37 bits per heavy atom. The number of hydrogen-bond acceptors (Lipinski definition) is 3. The molecular weight excluding hydrogens is 285 g/mol. The first-order valence-corrected chi connectivity index (χ1v) is 6.27. The molecule has 0 fully saturated rings. The molecule has 3 rings (SSSR count). The molecule has 0 saturated heterocycles. The highest BCUT2D eigenvalue weighted by atomic mass is 35.5. The SMILES string of the molecule is CN1Cc2occc2C(Oc2cccc(Cl)c2)C1.Cl. The second kappa shape index (κ2) is 5.87. The molecule has 3 nitrogen and oxygen atoms in total. The van der Waals surface area contributed by atoms with Crippen molar-refractivity contribution in [1.82, 2.24) is 4.90 Å². The van der Waals surface area contributed by atoms with Crippen molar-refractivity contribution in [3.8, 4) is 5.75 Å². The van der Waals surface area contributed by atoms with Crippen LogP contribution in [-0.4, -0.2) is 18.5 Å². The molecule has 1 unspecified atom stereocenters. The Kier molecular flexibility index (Phi) is 4.40. The van der Waals surface area contributed by atoms with Crippen LogP contribution in [-0.2, 0) is 6.54 Å². The average molecular weight is 300 g/mol. The van der Waals surface area contributed by atoms with Crippen LogP contribution < -0.4 is 4.74 Å². The number of nitrogens with zero attached hydrogens (tertiary/aromatic N) is 1. The largest absolute Gasteiger partial charge is 0.484 e. The fourth-order valence-electron chi connectivity index (χ4n) is 2.26. The average Bonchev–Trinajstić information content (AvgIpc) is 2.77. The minimum atomic E-state index is -0.00373. The van der Waals surface area contributed by atoms with Gasteiger partial charge in [-0.15, -0.1) is 12.4 Å². The topological polar surface area (TPSA) is 25.6 Å². The van der Waals surface area contributed by atoms with Crippen molar-refractivity contribution < 1.29 is 9.15 Å². The fourth-order valence-corrected chi connectivity index (χ4v) is 2.44. The Bertz CT molecular complexity index is 556. The summed E-state index contributed by atoms with van der Waals surface area (Å²) in [6.07, 6.45) is 1.72. The van der Waals surface area contributed by atoms with Gasteiger partial charge in [0.2, 0.25) is 0 Å². The third-order valence-corrected chi connectivity index (χ3v) is 3.33. The molecule has 0 N–H and O–H groups in total. The van der Waals surface area contributed by atoms with Crippen LogP contribution in [0, 0.1) is 0 Å². The van der Waals surface area contributed by atoms with E-state index in [1.165, 1.54) is 0 Å². The molecule has 19 heavy (non-hydrogen) atoms. The van der Waals surface area contributed by atoms with Crippen molar-refractivity contribution in [2.75, 3.05) is 13.6 Å². The summed E-state index contributed by atoms with van der Waals surface area (Å²) in [5.74, 6) is 1.77. The molecule has 1 aromatic carbocycles. The third-order valence-electron chi connectivity index (χ3n) is 3.09. The van der Waals surface area contributed by atoms with Crippen molar-refractivity contribution >= 4 is 24.0 Å². The zero-order valence-electron chi connectivity index (χ0n) is 10.5.